The first-order valence-corrected chi connectivity index (χ1v) is 9.84. The molecular weight excluding hydrogens is 395 g/mol. The van der Waals surface area contributed by atoms with E-state index in [-0.39, 0.29) is 10.6 Å². The van der Waals surface area contributed by atoms with E-state index in [4.69, 9.17) is 4.74 Å². The maximum atomic E-state index is 12.7. The molecule has 1 unspecified atom stereocenters. The summed E-state index contributed by atoms with van der Waals surface area (Å²) in [5, 5.41) is 0. The van der Waals surface area contributed by atoms with E-state index < -0.39 is 28.5 Å². The summed E-state index contributed by atoms with van der Waals surface area (Å²) in [7, 11) is -2.55. The smallest absolute Gasteiger partial charge is 0.395 e. The fourth-order valence-electron chi connectivity index (χ4n) is 2.58. The third kappa shape index (κ3) is 5.28. The van der Waals surface area contributed by atoms with Crippen LogP contribution in [0.3, 0.4) is 0 Å². The van der Waals surface area contributed by atoms with Crippen molar-refractivity contribution in [2.45, 2.75) is 33.4 Å². The molecule has 0 fully saturated rings. The Morgan fingerprint density at radius 1 is 1.39 bits per heavy atom. The molecule has 0 bridgehead atoms. The Hall–Kier alpha value is -2.49. The standard InChI is InChI=1S/C18H22F3N3O3S/c1-12(9-17(27-4)14(3)24-10-13(2)22-11-24)23-28(25,26)16-7-5-15(6-8-16)18(19,20)21/h5,7-11,15,23H,6H2,1-4H3/b12-9+,17-14-. The lowest BCUT2D eigenvalue weighted by molar-refractivity contribution is -0.160. The van der Waals surface area contributed by atoms with Crippen LogP contribution in [0.4, 0.5) is 13.2 Å². The maximum absolute atomic E-state index is 12.7. The van der Waals surface area contributed by atoms with Gasteiger partial charge in [-0.15, -0.1) is 0 Å². The molecule has 154 valence electrons. The first-order chi connectivity index (χ1) is 12.9. The van der Waals surface area contributed by atoms with Crippen molar-refractivity contribution in [1.29, 1.82) is 0 Å². The van der Waals surface area contributed by atoms with Crippen LogP contribution in [0.5, 0.6) is 0 Å². The van der Waals surface area contributed by atoms with E-state index in [2.05, 4.69) is 9.71 Å². The summed E-state index contributed by atoms with van der Waals surface area (Å²) < 4.78 is 72.4. The number of allylic oxidation sites excluding steroid dienone is 6. The Morgan fingerprint density at radius 2 is 2.07 bits per heavy atom. The summed E-state index contributed by atoms with van der Waals surface area (Å²) in [6, 6.07) is 0. The van der Waals surface area contributed by atoms with Crippen LogP contribution in [-0.2, 0) is 14.8 Å². The second kappa shape index (κ2) is 8.26. The Kier molecular flexibility index (Phi) is 6.43. The molecule has 1 aliphatic carbocycles. The van der Waals surface area contributed by atoms with Crippen LogP contribution >= 0.6 is 0 Å². The molecule has 1 N–H and O–H groups in total. The second-order valence-corrected chi connectivity index (χ2v) is 8.04. The van der Waals surface area contributed by atoms with Crippen molar-refractivity contribution in [3.05, 3.63) is 58.9 Å². The normalized spacial score (nSPS) is 19.2. The molecule has 28 heavy (non-hydrogen) atoms. The number of ether oxygens (including phenoxy) is 1. The van der Waals surface area contributed by atoms with Crippen molar-refractivity contribution in [1.82, 2.24) is 14.3 Å². The lowest BCUT2D eigenvalue weighted by Crippen LogP contribution is -2.26. The summed E-state index contributed by atoms with van der Waals surface area (Å²) >= 11 is 0. The Labute approximate surface area is 162 Å². The lowest BCUT2D eigenvalue weighted by atomic mass is 10.0. The molecule has 6 nitrogen and oxygen atoms in total. The van der Waals surface area contributed by atoms with Crippen LogP contribution in [0.25, 0.3) is 5.70 Å². The van der Waals surface area contributed by atoms with Gasteiger partial charge in [-0.2, -0.15) is 13.2 Å². The number of hydrogen-bond acceptors (Lipinski definition) is 4. The van der Waals surface area contributed by atoms with E-state index >= 15 is 0 Å². The number of aromatic nitrogens is 2. The minimum Gasteiger partial charge on any atom is -0.495 e. The highest BCUT2D eigenvalue weighted by molar-refractivity contribution is 7.93. The molecule has 1 aliphatic rings. The van der Waals surface area contributed by atoms with Crippen molar-refractivity contribution in [3.63, 3.8) is 0 Å². The number of sulfonamides is 1. The molecule has 0 radical (unpaired) electrons. The zero-order valence-corrected chi connectivity index (χ0v) is 16.7. The van der Waals surface area contributed by atoms with Gasteiger partial charge in [-0.05, 0) is 33.3 Å². The van der Waals surface area contributed by atoms with Gasteiger partial charge in [-0.25, -0.2) is 13.4 Å². The van der Waals surface area contributed by atoms with Gasteiger partial charge in [0.2, 0.25) is 0 Å². The SMILES string of the molecule is COC(/C=C(\C)NS(=O)(=O)C1=CCC(C(F)(F)F)C=C1)=C(/C)n1cnc(C)c1. The van der Waals surface area contributed by atoms with E-state index in [9.17, 15) is 21.6 Å². The number of halogens is 3. The Balaban J connectivity index is 2.19. The second-order valence-electron chi connectivity index (χ2n) is 6.36. The lowest BCUT2D eigenvalue weighted by Gasteiger charge is -2.19. The molecule has 0 aliphatic heterocycles. The van der Waals surface area contributed by atoms with Gasteiger partial charge >= 0.3 is 6.18 Å². The highest BCUT2D eigenvalue weighted by Crippen LogP contribution is 2.33. The van der Waals surface area contributed by atoms with Crippen LogP contribution in [-0.4, -0.2) is 31.3 Å². The van der Waals surface area contributed by atoms with E-state index in [1.54, 1.807) is 24.0 Å². The molecule has 1 aromatic heterocycles. The molecule has 0 saturated carbocycles. The number of hydrogen-bond donors (Lipinski definition) is 1. The Bertz CT molecular complexity index is 954. The first kappa shape index (κ1) is 21.8. The number of rotatable bonds is 6. The average Bonchev–Trinajstić information content (AvgIpc) is 3.04. The van der Waals surface area contributed by atoms with Crippen LogP contribution in [0.2, 0.25) is 0 Å². The number of alkyl halides is 3. The van der Waals surface area contributed by atoms with Gasteiger partial charge in [-0.1, -0.05) is 12.2 Å². The molecule has 2 rings (SSSR count). The summed E-state index contributed by atoms with van der Waals surface area (Å²) in [4.78, 5) is 3.92. The number of methoxy groups -OCH3 is 1. The van der Waals surface area contributed by atoms with Crippen molar-refractivity contribution >= 4 is 15.7 Å². The fraction of sp³-hybridized carbons (Fsp3) is 0.389. The molecule has 10 heteroatoms. The van der Waals surface area contributed by atoms with Gasteiger partial charge in [0, 0.05) is 18.0 Å². The van der Waals surface area contributed by atoms with E-state index in [0.717, 1.165) is 23.9 Å². The highest BCUT2D eigenvalue weighted by atomic mass is 32.2. The van der Waals surface area contributed by atoms with E-state index in [1.165, 1.54) is 20.1 Å². The largest absolute Gasteiger partial charge is 0.495 e. The van der Waals surface area contributed by atoms with Gasteiger partial charge in [-0.3, -0.25) is 4.72 Å². The Morgan fingerprint density at radius 3 is 2.54 bits per heavy atom. The highest BCUT2D eigenvalue weighted by Gasteiger charge is 2.38. The summed E-state index contributed by atoms with van der Waals surface area (Å²) in [5.74, 6) is -1.27. The average molecular weight is 417 g/mol. The van der Waals surface area contributed by atoms with Crippen molar-refractivity contribution < 1.29 is 26.3 Å². The third-order valence-corrected chi connectivity index (χ3v) is 5.63. The fourth-order valence-corrected chi connectivity index (χ4v) is 3.76. The molecule has 1 heterocycles. The molecule has 0 saturated heterocycles. The molecule has 1 aromatic rings. The molecule has 0 amide bonds. The van der Waals surface area contributed by atoms with Gasteiger partial charge in [0.1, 0.15) is 5.76 Å². The van der Waals surface area contributed by atoms with Crippen molar-refractivity contribution in [2.75, 3.05) is 7.11 Å². The molecule has 1 atom stereocenters. The first-order valence-electron chi connectivity index (χ1n) is 8.36. The predicted octanol–water partition coefficient (Wildman–Crippen LogP) is 3.87. The van der Waals surface area contributed by atoms with E-state index in [0.29, 0.717) is 11.5 Å². The topological polar surface area (TPSA) is 73.2 Å². The monoisotopic (exact) mass is 417 g/mol. The minimum absolute atomic E-state index is 0.203. The zero-order valence-electron chi connectivity index (χ0n) is 15.9. The van der Waals surface area contributed by atoms with Crippen LogP contribution in [0.1, 0.15) is 26.0 Å². The molecular formula is C18H22F3N3O3S. The number of nitrogens with zero attached hydrogens (tertiary/aromatic N) is 2. The van der Waals surface area contributed by atoms with Crippen molar-refractivity contribution in [2.24, 2.45) is 5.92 Å². The third-order valence-electron chi connectivity index (χ3n) is 4.11. The van der Waals surface area contributed by atoms with Gasteiger partial charge in [0.25, 0.3) is 10.0 Å². The number of aryl methyl sites for hydroxylation is 1. The van der Waals surface area contributed by atoms with Gasteiger partial charge in [0.15, 0.2) is 0 Å². The van der Waals surface area contributed by atoms with Gasteiger partial charge in [0.05, 0.1) is 35.7 Å². The quantitative estimate of drug-likeness (QED) is 0.563. The van der Waals surface area contributed by atoms with Crippen molar-refractivity contribution in [3.8, 4) is 0 Å². The number of imidazole rings is 1. The number of nitrogens with one attached hydrogen (secondary N) is 1. The van der Waals surface area contributed by atoms with Crippen LogP contribution in [0, 0.1) is 12.8 Å². The summed E-state index contributed by atoms with van der Waals surface area (Å²) in [6.45, 7) is 5.14. The molecule has 0 spiro atoms. The molecule has 0 aromatic carbocycles. The van der Waals surface area contributed by atoms with Gasteiger partial charge < -0.3 is 9.30 Å². The predicted molar refractivity (Wildman–Crippen MR) is 100 cm³/mol. The van der Waals surface area contributed by atoms with E-state index in [1.807, 2.05) is 6.92 Å². The van der Waals surface area contributed by atoms with Crippen LogP contribution < -0.4 is 4.72 Å². The minimum atomic E-state index is -4.40. The van der Waals surface area contributed by atoms with Crippen LogP contribution in [0.15, 0.2) is 53.2 Å². The summed E-state index contributed by atoms with van der Waals surface area (Å²) in [6.07, 6.45) is 2.98. The maximum Gasteiger partial charge on any atom is 0.395 e. The summed E-state index contributed by atoms with van der Waals surface area (Å²) in [5.41, 5.74) is 1.75. The zero-order chi connectivity index (χ0) is 21.1.